The number of fused-ring (bicyclic) bond motifs is 4. The van der Waals surface area contributed by atoms with Crippen molar-refractivity contribution in [1.82, 2.24) is 20.2 Å². The monoisotopic (exact) mass is 621 g/mol. The summed E-state index contributed by atoms with van der Waals surface area (Å²) in [5.41, 5.74) is 3.61. The van der Waals surface area contributed by atoms with E-state index in [4.69, 9.17) is 9.47 Å². The third-order valence-electron chi connectivity index (χ3n) is 8.18. The molecule has 4 bridgehead atoms. The number of anilines is 1. The van der Waals surface area contributed by atoms with Crippen LogP contribution in [-0.2, 0) is 14.8 Å². The molecule has 0 spiro atoms. The van der Waals surface area contributed by atoms with Crippen molar-refractivity contribution < 1.29 is 27.5 Å². The highest BCUT2D eigenvalue weighted by Gasteiger charge is 2.40. The van der Waals surface area contributed by atoms with Gasteiger partial charge in [0.25, 0.3) is 15.9 Å². The van der Waals surface area contributed by atoms with E-state index in [9.17, 15) is 18.0 Å². The largest absolute Gasteiger partial charge is 0.475 e. The number of methoxy groups -OCH3 is 1. The van der Waals surface area contributed by atoms with E-state index in [-0.39, 0.29) is 58.7 Å². The summed E-state index contributed by atoms with van der Waals surface area (Å²) in [6.07, 6.45) is 1.52. The number of hydrogen-bond donors (Lipinski definition) is 2. The van der Waals surface area contributed by atoms with Crippen molar-refractivity contribution in [3.8, 4) is 17.1 Å². The summed E-state index contributed by atoms with van der Waals surface area (Å²) in [5, 5.41) is 2.74. The van der Waals surface area contributed by atoms with E-state index in [0.717, 1.165) is 16.7 Å². The average Bonchev–Trinajstić information content (AvgIpc) is 2.95. The molecule has 2 heterocycles. The van der Waals surface area contributed by atoms with E-state index in [1.165, 1.54) is 19.2 Å². The second-order valence-electron chi connectivity index (χ2n) is 12.0. The number of aryl methyl sites for hydroxylation is 2. The van der Waals surface area contributed by atoms with Gasteiger partial charge in [0.2, 0.25) is 11.8 Å². The molecule has 2 aromatic carbocycles. The van der Waals surface area contributed by atoms with Crippen molar-refractivity contribution in [3.05, 3.63) is 65.2 Å². The molecule has 2 N–H and O–H groups in total. The first-order valence-electron chi connectivity index (χ1n) is 14.8. The number of alkyl carbamates (subject to hydrolysis) is 1. The van der Waals surface area contributed by atoms with Crippen molar-refractivity contribution in [2.75, 3.05) is 25.0 Å². The summed E-state index contributed by atoms with van der Waals surface area (Å²) in [6.45, 7) is 8.72. The van der Waals surface area contributed by atoms with Crippen molar-refractivity contribution >= 4 is 28.0 Å². The third kappa shape index (κ3) is 6.80. The highest BCUT2D eigenvalue weighted by Crippen LogP contribution is 2.36. The minimum absolute atomic E-state index is 0.0692. The maximum atomic E-state index is 14.2. The zero-order chi connectivity index (χ0) is 31.6. The Morgan fingerprint density at radius 1 is 1.11 bits per heavy atom. The van der Waals surface area contributed by atoms with Gasteiger partial charge in [-0.1, -0.05) is 38.1 Å². The molecule has 44 heavy (non-hydrogen) atoms. The second kappa shape index (κ2) is 12.8. The maximum absolute atomic E-state index is 14.2. The predicted octanol–water partition coefficient (Wildman–Crippen LogP) is 4.95. The van der Waals surface area contributed by atoms with Gasteiger partial charge in [0.15, 0.2) is 0 Å². The van der Waals surface area contributed by atoms with Crippen molar-refractivity contribution in [2.45, 2.75) is 63.9 Å². The Labute approximate surface area is 258 Å². The van der Waals surface area contributed by atoms with E-state index in [1.807, 2.05) is 36.9 Å². The van der Waals surface area contributed by atoms with Crippen LogP contribution in [0.3, 0.4) is 0 Å². The highest BCUT2D eigenvalue weighted by molar-refractivity contribution is 7.92. The summed E-state index contributed by atoms with van der Waals surface area (Å²) >= 11 is 0. The molecule has 11 nitrogen and oxygen atoms in total. The fraction of sp³-hybridized carbons (Fsp3) is 0.438. The van der Waals surface area contributed by atoms with Crippen LogP contribution in [0.1, 0.15) is 54.6 Å². The van der Waals surface area contributed by atoms with Crippen LogP contribution in [0.15, 0.2) is 53.4 Å². The average molecular weight is 622 g/mol. The van der Waals surface area contributed by atoms with Gasteiger partial charge in [-0.3, -0.25) is 4.79 Å². The lowest BCUT2D eigenvalue weighted by Gasteiger charge is -2.46. The maximum Gasteiger partial charge on any atom is 0.406 e. The second-order valence-corrected chi connectivity index (χ2v) is 13.7. The smallest absolute Gasteiger partial charge is 0.406 e. The standard InChI is InChI=1S/C32H39N5O6S/c1-19(2)12-25-18-43-28-16-27(29-20(3)8-6-9-21(29)4)34-31(35-28)36-44(40,41)26-11-7-10-23(15-26)30(38)37(25)24-13-22(14-24)17-33-32(39)42-5/h6-11,15-16,19,22,24-25H,12-14,17-18H2,1-5H3,(H,33,39)(H,34,35,36)/t22-,24+,25-/m1/s1. The summed E-state index contributed by atoms with van der Waals surface area (Å²) in [7, 11) is -2.82. The minimum atomic E-state index is -4.14. The highest BCUT2D eigenvalue weighted by atomic mass is 32.2. The van der Waals surface area contributed by atoms with E-state index >= 15 is 0 Å². The molecule has 1 aliphatic carbocycles. The van der Waals surface area contributed by atoms with Crippen LogP contribution in [0.25, 0.3) is 11.3 Å². The number of ether oxygens (including phenoxy) is 2. The normalized spacial score (nSPS) is 21.1. The predicted molar refractivity (Wildman–Crippen MR) is 166 cm³/mol. The Morgan fingerprint density at radius 2 is 1.82 bits per heavy atom. The van der Waals surface area contributed by atoms with Gasteiger partial charge in [-0.2, -0.15) is 4.98 Å². The van der Waals surface area contributed by atoms with E-state index in [0.29, 0.717) is 31.5 Å². The molecule has 234 valence electrons. The van der Waals surface area contributed by atoms with Crippen LogP contribution in [0.5, 0.6) is 5.88 Å². The Kier molecular flexibility index (Phi) is 9.10. The Hall–Kier alpha value is -4.19. The van der Waals surface area contributed by atoms with E-state index < -0.39 is 16.1 Å². The topological polar surface area (TPSA) is 140 Å². The first-order chi connectivity index (χ1) is 20.9. The number of carbonyl (C=O) groups is 2. The number of aromatic nitrogens is 2. The number of sulfonamides is 1. The first kappa shape index (κ1) is 31.2. The molecule has 2 amide bonds. The molecule has 1 aliphatic heterocycles. The summed E-state index contributed by atoms with van der Waals surface area (Å²) < 4.78 is 40.6. The van der Waals surface area contributed by atoms with Crippen molar-refractivity contribution in [1.29, 1.82) is 0 Å². The molecule has 5 rings (SSSR count). The lowest BCUT2D eigenvalue weighted by molar-refractivity contribution is 0.0146. The van der Waals surface area contributed by atoms with Crippen LogP contribution >= 0.6 is 0 Å². The van der Waals surface area contributed by atoms with Gasteiger partial charge in [-0.25, -0.2) is 22.9 Å². The third-order valence-corrected chi connectivity index (χ3v) is 9.50. The van der Waals surface area contributed by atoms with Gasteiger partial charge in [0.1, 0.15) is 6.61 Å². The molecule has 1 fully saturated rings. The summed E-state index contributed by atoms with van der Waals surface area (Å²) in [6, 6.07) is 13.2. The Bertz CT molecular complexity index is 1630. The van der Waals surface area contributed by atoms with E-state index in [1.54, 1.807) is 18.2 Å². The lowest BCUT2D eigenvalue weighted by Crippen LogP contribution is -2.56. The zero-order valence-electron chi connectivity index (χ0n) is 25.7. The molecular formula is C32H39N5O6S. The molecular weight excluding hydrogens is 582 g/mol. The van der Waals surface area contributed by atoms with Crippen molar-refractivity contribution in [2.24, 2.45) is 11.8 Å². The van der Waals surface area contributed by atoms with Crippen LogP contribution in [0.4, 0.5) is 10.7 Å². The van der Waals surface area contributed by atoms with Gasteiger partial charge in [0.05, 0.1) is 23.7 Å². The summed E-state index contributed by atoms with van der Waals surface area (Å²) in [4.78, 5) is 36.6. The first-order valence-corrected chi connectivity index (χ1v) is 16.3. The van der Waals surface area contributed by atoms with Gasteiger partial charge in [0, 0.05) is 29.8 Å². The molecule has 2 aliphatic rings. The number of nitrogens with zero attached hydrogens (tertiary/aromatic N) is 3. The lowest BCUT2D eigenvalue weighted by atomic mass is 9.78. The Morgan fingerprint density at radius 3 is 2.50 bits per heavy atom. The number of nitrogens with one attached hydrogen (secondary N) is 2. The fourth-order valence-corrected chi connectivity index (χ4v) is 7.02. The molecule has 1 atom stereocenters. The number of hydrogen-bond acceptors (Lipinski definition) is 8. The fourth-order valence-electron chi connectivity index (χ4n) is 6.03. The number of rotatable bonds is 6. The van der Waals surface area contributed by atoms with Crippen LogP contribution < -0.4 is 14.8 Å². The SMILES string of the molecule is COC(=O)NC[C@H]1C[C@@H](N2C(=O)c3cccc(c3)S(=O)(=O)Nc3nc(cc(-c4c(C)cccc4C)n3)OC[C@H]2CC(C)C)C1. The number of benzene rings is 2. The molecule has 12 heteroatoms. The molecule has 0 radical (unpaired) electrons. The van der Waals surface area contributed by atoms with E-state index in [2.05, 4.69) is 33.9 Å². The van der Waals surface area contributed by atoms with Crippen LogP contribution in [0.2, 0.25) is 0 Å². The van der Waals surface area contributed by atoms with Crippen molar-refractivity contribution in [3.63, 3.8) is 0 Å². The Balaban J connectivity index is 1.57. The molecule has 0 saturated heterocycles. The van der Waals surface area contributed by atoms with Gasteiger partial charge >= 0.3 is 6.09 Å². The molecule has 1 saturated carbocycles. The van der Waals surface area contributed by atoms with Gasteiger partial charge in [-0.05, 0) is 74.3 Å². The number of carbonyl (C=O) groups excluding carboxylic acids is 2. The van der Waals surface area contributed by atoms with Gasteiger partial charge < -0.3 is 19.7 Å². The summed E-state index contributed by atoms with van der Waals surface area (Å²) in [5.74, 6) is 0.238. The molecule has 3 aromatic rings. The van der Waals surface area contributed by atoms with Crippen LogP contribution in [-0.4, -0.2) is 67.6 Å². The quantitative estimate of drug-likeness (QED) is 0.394. The minimum Gasteiger partial charge on any atom is -0.475 e. The van der Waals surface area contributed by atoms with Crippen LogP contribution in [0, 0.1) is 25.7 Å². The zero-order valence-corrected chi connectivity index (χ0v) is 26.5. The number of amides is 2. The molecule has 0 unspecified atom stereocenters. The van der Waals surface area contributed by atoms with Gasteiger partial charge in [-0.15, -0.1) is 0 Å². The molecule has 1 aromatic heterocycles.